The third kappa shape index (κ3) is 5.97. The lowest BCUT2D eigenvalue weighted by molar-refractivity contribution is -0.118. The predicted molar refractivity (Wildman–Crippen MR) is 134 cm³/mol. The van der Waals surface area contributed by atoms with Gasteiger partial charge >= 0.3 is 5.69 Å². The molecule has 0 radical (unpaired) electrons. The van der Waals surface area contributed by atoms with Crippen LogP contribution >= 0.6 is 0 Å². The molecule has 1 aliphatic carbocycles. The second kappa shape index (κ2) is 11.2. The molecule has 1 amide bonds. The Hall–Kier alpha value is -3.32. The van der Waals surface area contributed by atoms with Crippen LogP contribution in [-0.2, 0) is 4.79 Å². The average Bonchev–Trinajstić information content (AvgIpc) is 3.24. The van der Waals surface area contributed by atoms with Crippen LogP contribution in [0.3, 0.4) is 0 Å². The highest BCUT2D eigenvalue weighted by atomic mass is 16.5. The topological polar surface area (TPSA) is 68.5 Å². The normalized spacial score (nSPS) is 18.1. The molecule has 0 atom stereocenters. The van der Waals surface area contributed by atoms with E-state index in [0.29, 0.717) is 6.04 Å². The van der Waals surface area contributed by atoms with Crippen molar-refractivity contribution in [1.29, 1.82) is 0 Å². The molecule has 0 aliphatic heterocycles. The first-order chi connectivity index (χ1) is 16.5. The van der Waals surface area contributed by atoms with E-state index in [2.05, 4.69) is 17.3 Å². The van der Waals surface area contributed by atoms with E-state index < -0.39 is 0 Å². The standard InChI is InChI=1S/C27H34N4O3/c1-21(32)28-17-6-18-29(2)22-9-11-23(12-10-22)30-19-20-31(27(30)33)24-13-15-26(16-14-24)34-25-7-4-3-5-8-25/h3-5,7-8,13-16,19-20,22-23H,6,9-12,17-18H2,1-2H3,(H,28,32). The van der Waals surface area contributed by atoms with Crippen molar-refractivity contribution in [2.45, 2.75) is 51.1 Å². The molecule has 1 saturated carbocycles. The molecule has 34 heavy (non-hydrogen) atoms. The molecule has 2 aromatic carbocycles. The van der Waals surface area contributed by atoms with Crippen LogP contribution in [-0.4, -0.2) is 46.1 Å². The Morgan fingerprint density at radius 3 is 2.35 bits per heavy atom. The molecule has 180 valence electrons. The van der Waals surface area contributed by atoms with Crippen LogP contribution in [0.5, 0.6) is 11.5 Å². The zero-order valence-electron chi connectivity index (χ0n) is 20.0. The summed E-state index contributed by atoms with van der Waals surface area (Å²) >= 11 is 0. The average molecular weight is 463 g/mol. The van der Waals surface area contributed by atoms with Gasteiger partial charge in [-0.3, -0.25) is 13.9 Å². The van der Waals surface area contributed by atoms with Crippen molar-refractivity contribution in [3.05, 3.63) is 77.5 Å². The van der Waals surface area contributed by atoms with E-state index in [1.165, 1.54) is 0 Å². The Balaban J connectivity index is 1.32. The molecule has 0 bridgehead atoms. The van der Waals surface area contributed by atoms with Gasteiger partial charge in [0, 0.05) is 37.9 Å². The lowest BCUT2D eigenvalue weighted by Gasteiger charge is -2.35. The smallest absolute Gasteiger partial charge is 0.332 e. The highest BCUT2D eigenvalue weighted by molar-refractivity contribution is 5.72. The van der Waals surface area contributed by atoms with Crippen molar-refractivity contribution in [3.8, 4) is 17.2 Å². The van der Waals surface area contributed by atoms with Gasteiger partial charge in [-0.15, -0.1) is 0 Å². The van der Waals surface area contributed by atoms with Crippen LogP contribution in [0.2, 0.25) is 0 Å². The number of carbonyl (C=O) groups excluding carboxylic acids is 1. The number of carbonyl (C=O) groups is 1. The molecule has 7 nitrogen and oxygen atoms in total. The Labute approximate surface area is 201 Å². The number of hydrogen-bond donors (Lipinski definition) is 1. The maximum atomic E-state index is 13.1. The van der Waals surface area contributed by atoms with Gasteiger partial charge in [-0.05, 0) is 82.1 Å². The van der Waals surface area contributed by atoms with Crippen LogP contribution in [0, 0.1) is 0 Å². The number of ether oxygens (including phenoxy) is 1. The molecule has 4 rings (SSSR count). The Bertz CT molecular complexity index is 1110. The number of amides is 1. The fourth-order valence-electron chi connectivity index (χ4n) is 4.72. The van der Waals surface area contributed by atoms with Gasteiger partial charge in [0.1, 0.15) is 11.5 Å². The van der Waals surface area contributed by atoms with Crippen molar-refractivity contribution in [3.63, 3.8) is 0 Å². The van der Waals surface area contributed by atoms with E-state index in [4.69, 9.17) is 4.74 Å². The quantitative estimate of drug-likeness (QED) is 0.480. The first kappa shape index (κ1) is 23.8. The summed E-state index contributed by atoms with van der Waals surface area (Å²) in [5.41, 5.74) is 0.834. The summed E-state index contributed by atoms with van der Waals surface area (Å²) in [5.74, 6) is 1.55. The summed E-state index contributed by atoms with van der Waals surface area (Å²) in [4.78, 5) is 26.5. The molecule has 0 saturated heterocycles. The van der Waals surface area contributed by atoms with E-state index in [1.807, 2.05) is 71.6 Å². The molecular formula is C27H34N4O3. The Kier molecular flexibility index (Phi) is 7.85. The van der Waals surface area contributed by atoms with Crippen LogP contribution in [0.15, 0.2) is 71.8 Å². The maximum Gasteiger partial charge on any atom is 0.332 e. The van der Waals surface area contributed by atoms with Crippen LogP contribution in [0.1, 0.15) is 45.1 Å². The summed E-state index contributed by atoms with van der Waals surface area (Å²) in [6, 6.07) is 18.0. The summed E-state index contributed by atoms with van der Waals surface area (Å²) in [5, 5.41) is 2.86. The van der Waals surface area contributed by atoms with E-state index >= 15 is 0 Å². The number of rotatable bonds is 9. The molecule has 1 aliphatic rings. The van der Waals surface area contributed by atoms with Crippen molar-refractivity contribution < 1.29 is 9.53 Å². The monoisotopic (exact) mass is 462 g/mol. The number of benzene rings is 2. The van der Waals surface area contributed by atoms with Gasteiger partial charge in [0.2, 0.25) is 5.91 Å². The summed E-state index contributed by atoms with van der Waals surface area (Å²) < 4.78 is 9.45. The minimum atomic E-state index is 0.00356. The van der Waals surface area contributed by atoms with Gasteiger partial charge in [0.15, 0.2) is 0 Å². The largest absolute Gasteiger partial charge is 0.457 e. The van der Waals surface area contributed by atoms with Crippen molar-refractivity contribution in [2.75, 3.05) is 20.1 Å². The Morgan fingerprint density at radius 2 is 1.68 bits per heavy atom. The minimum absolute atomic E-state index is 0.00356. The maximum absolute atomic E-state index is 13.1. The highest BCUT2D eigenvalue weighted by Gasteiger charge is 2.26. The lowest BCUT2D eigenvalue weighted by Crippen LogP contribution is -2.38. The van der Waals surface area contributed by atoms with Gasteiger partial charge in [-0.25, -0.2) is 4.79 Å². The number of para-hydroxylation sites is 1. The first-order valence-corrected chi connectivity index (χ1v) is 12.1. The Morgan fingerprint density at radius 1 is 1.00 bits per heavy atom. The highest BCUT2D eigenvalue weighted by Crippen LogP contribution is 2.30. The van der Waals surface area contributed by atoms with Gasteiger partial charge < -0.3 is 15.0 Å². The number of hydrogen-bond acceptors (Lipinski definition) is 4. The fourth-order valence-corrected chi connectivity index (χ4v) is 4.72. The second-order valence-corrected chi connectivity index (χ2v) is 9.05. The second-order valence-electron chi connectivity index (χ2n) is 9.05. The SMILES string of the molecule is CC(=O)NCCCN(C)C1CCC(n2ccn(-c3ccc(Oc4ccccc4)cc3)c2=O)CC1. The number of imidazole rings is 1. The van der Waals surface area contributed by atoms with E-state index in [1.54, 1.807) is 11.5 Å². The number of aromatic nitrogens is 2. The van der Waals surface area contributed by atoms with Gasteiger partial charge in [-0.2, -0.15) is 0 Å². The van der Waals surface area contributed by atoms with E-state index in [0.717, 1.165) is 62.4 Å². The first-order valence-electron chi connectivity index (χ1n) is 12.1. The third-order valence-corrected chi connectivity index (χ3v) is 6.64. The third-order valence-electron chi connectivity index (χ3n) is 6.64. The molecular weight excluding hydrogens is 428 g/mol. The molecule has 1 N–H and O–H groups in total. The summed E-state index contributed by atoms with van der Waals surface area (Å²) in [6.07, 6.45) is 8.86. The number of nitrogens with zero attached hydrogens (tertiary/aromatic N) is 3. The van der Waals surface area contributed by atoms with Gasteiger partial charge in [0.05, 0.1) is 5.69 Å². The summed E-state index contributed by atoms with van der Waals surface area (Å²) in [6.45, 7) is 3.24. The molecule has 1 aromatic heterocycles. The van der Waals surface area contributed by atoms with Crippen molar-refractivity contribution in [2.24, 2.45) is 0 Å². The fraction of sp³-hybridized carbons (Fsp3) is 0.407. The zero-order valence-corrected chi connectivity index (χ0v) is 20.0. The molecule has 7 heteroatoms. The zero-order chi connectivity index (χ0) is 23.9. The van der Waals surface area contributed by atoms with E-state index in [-0.39, 0.29) is 17.6 Å². The summed E-state index contributed by atoms with van der Waals surface area (Å²) in [7, 11) is 2.16. The van der Waals surface area contributed by atoms with Crippen molar-refractivity contribution >= 4 is 5.91 Å². The van der Waals surface area contributed by atoms with E-state index in [9.17, 15) is 9.59 Å². The van der Waals surface area contributed by atoms with Crippen LogP contribution in [0.25, 0.3) is 5.69 Å². The van der Waals surface area contributed by atoms with Crippen LogP contribution < -0.4 is 15.7 Å². The van der Waals surface area contributed by atoms with Gasteiger partial charge in [-0.1, -0.05) is 18.2 Å². The molecule has 1 fully saturated rings. The number of nitrogens with one attached hydrogen (secondary N) is 1. The van der Waals surface area contributed by atoms with Crippen LogP contribution in [0.4, 0.5) is 0 Å². The molecule has 0 spiro atoms. The lowest BCUT2D eigenvalue weighted by atomic mass is 9.90. The van der Waals surface area contributed by atoms with Crippen molar-refractivity contribution in [1.82, 2.24) is 19.4 Å². The predicted octanol–water partition coefficient (Wildman–Crippen LogP) is 4.37. The molecule has 3 aromatic rings. The minimum Gasteiger partial charge on any atom is -0.457 e. The molecule has 1 heterocycles. The molecule has 0 unspecified atom stereocenters. The van der Waals surface area contributed by atoms with Gasteiger partial charge in [0.25, 0.3) is 0 Å².